The minimum Gasteiger partial charge on any atom is -0.383 e. The first-order valence-electron chi connectivity index (χ1n) is 13.1. The molecule has 5 aromatic rings. The molecule has 0 aliphatic heterocycles. The van der Waals surface area contributed by atoms with Crippen LogP contribution in [0.4, 0.5) is 15.8 Å². The van der Waals surface area contributed by atoms with Crippen LogP contribution in [0.25, 0.3) is 10.9 Å². The first-order chi connectivity index (χ1) is 19.4. The van der Waals surface area contributed by atoms with Crippen molar-refractivity contribution in [2.75, 3.05) is 17.2 Å². The summed E-state index contributed by atoms with van der Waals surface area (Å²) in [6.07, 6.45) is 7.67. The second-order valence-electron chi connectivity index (χ2n) is 9.33. The van der Waals surface area contributed by atoms with Gasteiger partial charge in [0.25, 0.3) is 0 Å². The van der Waals surface area contributed by atoms with Crippen molar-refractivity contribution >= 4 is 33.9 Å². The third kappa shape index (κ3) is 5.38. The van der Waals surface area contributed by atoms with Crippen molar-refractivity contribution in [3.8, 4) is 6.07 Å². The van der Waals surface area contributed by atoms with Gasteiger partial charge in [-0.1, -0.05) is 35.0 Å². The summed E-state index contributed by atoms with van der Waals surface area (Å²) in [7, 11) is 0. The maximum Gasteiger partial charge on any atom is 0.123 e. The lowest BCUT2D eigenvalue weighted by molar-refractivity contribution is 0.610. The van der Waals surface area contributed by atoms with E-state index in [0.717, 1.165) is 18.5 Å². The molecule has 2 N–H and O–H groups in total. The zero-order valence-electron chi connectivity index (χ0n) is 21.8. The largest absolute Gasteiger partial charge is 0.383 e. The van der Waals surface area contributed by atoms with Crippen LogP contribution in [-0.4, -0.2) is 31.5 Å². The molecule has 194 valence electrons. The highest BCUT2D eigenvalue weighted by atomic mass is 35.5. The van der Waals surface area contributed by atoms with Gasteiger partial charge in [-0.25, -0.2) is 9.07 Å². The number of fused-ring (bicyclic) bond motifs is 1. The van der Waals surface area contributed by atoms with Crippen LogP contribution in [0, 0.1) is 17.1 Å². The van der Waals surface area contributed by atoms with E-state index in [2.05, 4.69) is 37.0 Å². The molecule has 1 saturated carbocycles. The molecule has 3 aromatic heterocycles. The molecule has 8 nitrogen and oxygen atoms in total. The maximum absolute atomic E-state index is 13.8. The molecule has 1 fully saturated rings. The van der Waals surface area contributed by atoms with E-state index in [0.29, 0.717) is 57.1 Å². The summed E-state index contributed by atoms with van der Waals surface area (Å²) in [6, 6.07) is 15.8. The molecule has 2 aromatic carbocycles. The van der Waals surface area contributed by atoms with Crippen LogP contribution >= 0.6 is 11.6 Å². The molecule has 0 bridgehead atoms. The molecule has 1 aliphatic rings. The normalized spacial score (nSPS) is 14.8. The highest BCUT2D eigenvalue weighted by Crippen LogP contribution is 2.37. The molecular formula is C29H24ClFN8. The van der Waals surface area contributed by atoms with Gasteiger partial charge in [-0.2, -0.15) is 5.26 Å². The number of anilines is 2. The summed E-state index contributed by atoms with van der Waals surface area (Å²) in [5.74, 6) is -0.405. The van der Waals surface area contributed by atoms with Crippen molar-refractivity contribution in [2.45, 2.75) is 31.3 Å². The maximum atomic E-state index is 13.8. The van der Waals surface area contributed by atoms with Crippen molar-refractivity contribution < 1.29 is 5.76 Å². The van der Waals surface area contributed by atoms with Gasteiger partial charge in [-0.05, 0) is 54.8 Å². The van der Waals surface area contributed by atoms with Crippen LogP contribution in [0.1, 0.15) is 48.8 Å². The van der Waals surface area contributed by atoms with Crippen molar-refractivity contribution in [3.63, 3.8) is 0 Å². The first kappa shape index (κ1) is 23.6. The van der Waals surface area contributed by atoms with Crippen molar-refractivity contribution in [3.05, 3.63) is 107 Å². The molecule has 3 heterocycles. The minimum atomic E-state index is -1.61. The highest BCUT2D eigenvalue weighted by Gasteiger charge is 2.27. The summed E-state index contributed by atoms with van der Waals surface area (Å²) in [4.78, 5) is 8.78. The third-order valence-corrected chi connectivity index (χ3v) is 6.83. The lowest BCUT2D eigenvalue weighted by atomic mass is 10.0. The van der Waals surface area contributed by atoms with Crippen LogP contribution < -0.4 is 10.6 Å². The topological polar surface area (TPSA) is 104 Å². The Morgan fingerprint density at radius 1 is 1.18 bits per heavy atom. The number of nitriles is 1. The van der Waals surface area contributed by atoms with Crippen LogP contribution in [0.3, 0.4) is 0 Å². The fourth-order valence-corrected chi connectivity index (χ4v) is 4.69. The van der Waals surface area contributed by atoms with E-state index >= 15 is 0 Å². The molecule has 1 unspecified atom stereocenters. The molecule has 6 rings (SSSR count). The van der Waals surface area contributed by atoms with E-state index in [-0.39, 0.29) is 6.04 Å². The van der Waals surface area contributed by atoms with E-state index in [1.165, 1.54) is 18.3 Å². The molecule has 1 aliphatic carbocycles. The van der Waals surface area contributed by atoms with Gasteiger partial charge in [0.1, 0.15) is 17.6 Å². The van der Waals surface area contributed by atoms with Gasteiger partial charge < -0.3 is 10.6 Å². The lowest BCUT2D eigenvalue weighted by Gasteiger charge is -2.20. The fraction of sp³-hybridized carbons (Fsp3) is 0.207. The van der Waals surface area contributed by atoms with E-state index in [4.69, 9.17) is 11.6 Å². The summed E-state index contributed by atoms with van der Waals surface area (Å²) < 4.78 is 25.1. The number of halogens is 2. The predicted molar refractivity (Wildman–Crippen MR) is 148 cm³/mol. The first-order valence-corrected chi connectivity index (χ1v) is 12.9. The Labute approximate surface area is 230 Å². The molecule has 1 atom stereocenters. The van der Waals surface area contributed by atoms with E-state index < -0.39 is 11.8 Å². The number of benzene rings is 2. The summed E-state index contributed by atoms with van der Waals surface area (Å²) >= 11 is 6.69. The number of hydrogen-bond acceptors (Lipinski definition) is 7. The molecule has 0 saturated heterocycles. The standard InChI is InChI=1S/C29H24ClFN8/c30-25-14-22(36-28(18-4-6-20(31)7-5-18)26-17-39(38-37-26)23-8-9-23)13-24-27(19(15-32)16-35-29(24)25)34-12-10-21-3-1-2-11-33-21/h1-7,11,13-14,16-17,23,28,36H,8-10,12H2,(H,34,35)/i28D. The average Bonchev–Trinajstić information content (AvgIpc) is 3.69. The second-order valence-corrected chi connectivity index (χ2v) is 9.74. The average molecular weight is 540 g/mol. The Bertz CT molecular complexity index is 1720. The van der Waals surface area contributed by atoms with Crippen molar-refractivity contribution in [1.29, 1.82) is 5.26 Å². The van der Waals surface area contributed by atoms with Gasteiger partial charge in [0.15, 0.2) is 0 Å². The van der Waals surface area contributed by atoms with Gasteiger partial charge in [0.05, 0.1) is 41.4 Å². The Morgan fingerprint density at radius 3 is 2.77 bits per heavy atom. The summed E-state index contributed by atoms with van der Waals surface area (Å²) in [6.45, 7) is 0.530. The Kier molecular flexibility index (Phi) is 6.45. The number of nitrogens with one attached hydrogen (secondary N) is 2. The number of hydrogen-bond donors (Lipinski definition) is 2. The SMILES string of the molecule is [2H]C(Nc1cc(Cl)c2ncc(C#N)c(NCCc3ccccn3)c2c1)(c1ccc(F)cc1)c1cn(C2CC2)nn1. The van der Waals surface area contributed by atoms with Crippen LogP contribution in [0.5, 0.6) is 0 Å². The van der Waals surface area contributed by atoms with Crippen molar-refractivity contribution in [2.24, 2.45) is 0 Å². The minimum absolute atomic E-state index is 0.282. The van der Waals surface area contributed by atoms with E-state index in [9.17, 15) is 11.0 Å². The zero-order chi connectivity index (χ0) is 27.7. The van der Waals surface area contributed by atoms with Gasteiger partial charge in [0.2, 0.25) is 0 Å². The van der Waals surface area contributed by atoms with Gasteiger partial charge >= 0.3 is 0 Å². The Balaban J connectivity index is 1.39. The molecule has 39 heavy (non-hydrogen) atoms. The second kappa shape index (κ2) is 10.7. The van der Waals surface area contributed by atoms with Crippen LogP contribution in [0.15, 0.2) is 73.2 Å². The zero-order valence-corrected chi connectivity index (χ0v) is 21.5. The lowest BCUT2D eigenvalue weighted by Crippen LogP contribution is -2.13. The third-order valence-electron chi connectivity index (χ3n) is 6.54. The predicted octanol–water partition coefficient (Wildman–Crippen LogP) is 6.08. The molecule has 10 heteroatoms. The summed E-state index contributed by atoms with van der Waals surface area (Å²) in [5, 5.41) is 26.0. The molecular weight excluding hydrogens is 515 g/mol. The number of aromatic nitrogens is 5. The van der Waals surface area contributed by atoms with Gasteiger partial charge in [-0.15, -0.1) is 5.10 Å². The quantitative estimate of drug-likeness (QED) is 0.234. The number of rotatable bonds is 9. The van der Waals surface area contributed by atoms with Gasteiger partial charge in [-0.3, -0.25) is 9.97 Å². The van der Waals surface area contributed by atoms with E-state index in [1.807, 2.05) is 18.2 Å². The Hall–Kier alpha value is -4.55. The number of nitrogens with zero attached hydrogens (tertiary/aromatic N) is 6. The van der Waals surface area contributed by atoms with E-state index in [1.54, 1.807) is 41.3 Å². The monoisotopic (exact) mass is 539 g/mol. The number of pyridine rings is 2. The van der Waals surface area contributed by atoms with Gasteiger partial charge in [0, 0.05) is 42.1 Å². The van der Waals surface area contributed by atoms with Crippen LogP contribution in [-0.2, 0) is 6.42 Å². The fourth-order valence-electron chi connectivity index (χ4n) is 4.42. The highest BCUT2D eigenvalue weighted by molar-refractivity contribution is 6.35. The molecule has 0 spiro atoms. The smallest absolute Gasteiger partial charge is 0.123 e. The van der Waals surface area contributed by atoms with Crippen molar-refractivity contribution in [1.82, 2.24) is 25.0 Å². The Morgan fingerprint density at radius 2 is 2.03 bits per heavy atom. The van der Waals surface area contributed by atoms with Crippen LogP contribution in [0.2, 0.25) is 5.02 Å². The summed E-state index contributed by atoms with van der Waals surface area (Å²) in [5.41, 5.74) is 3.73. The molecule has 0 amide bonds. The molecule has 0 radical (unpaired) electrons.